The van der Waals surface area contributed by atoms with E-state index in [2.05, 4.69) is 5.32 Å². The number of methoxy groups -OCH3 is 2. The normalized spacial score (nSPS) is 19.7. The van der Waals surface area contributed by atoms with Crippen molar-refractivity contribution >= 4 is 29.1 Å². The van der Waals surface area contributed by atoms with Gasteiger partial charge in [-0.15, -0.1) is 23.2 Å². The predicted molar refractivity (Wildman–Crippen MR) is 73.9 cm³/mol. The molecular weight excluding hydrogens is 289 g/mol. The van der Waals surface area contributed by atoms with Gasteiger partial charge >= 0.3 is 0 Å². The summed E-state index contributed by atoms with van der Waals surface area (Å²) >= 11 is 11.7. The summed E-state index contributed by atoms with van der Waals surface area (Å²) in [5.74, 6) is 0.848. The van der Waals surface area contributed by atoms with Crippen molar-refractivity contribution in [3.05, 3.63) is 23.8 Å². The fourth-order valence-electron chi connectivity index (χ4n) is 1.80. The number of benzene rings is 1. The minimum atomic E-state index is -0.887. The molecule has 2 rings (SSSR count). The largest absolute Gasteiger partial charge is 0.493 e. The Morgan fingerprint density at radius 3 is 2.53 bits per heavy atom. The standard InChI is InChI=1S/C13H15Cl2NO3/c1-18-10-4-3-8(5-11(10)19-2)7-16-12(17)9-6-13(9,14)15/h3-5,9H,6-7H2,1-2H3,(H,16,17). The highest BCUT2D eigenvalue weighted by molar-refractivity contribution is 6.52. The van der Waals surface area contributed by atoms with E-state index in [1.54, 1.807) is 20.3 Å². The first-order valence-electron chi connectivity index (χ1n) is 5.84. The minimum absolute atomic E-state index is 0.125. The molecule has 1 N–H and O–H groups in total. The van der Waals surface area contributed by atoms with Crippen LogP contribution < -0.4 is 14.8 Å². The van der Waals surface area contributed by atoms with Crippen molar-refractivity contribution in [3.8, 4) is 11.5 Å². The summed E-state index contributed by atoms with van der Waals surface area (Å²) in [7, 11) is 3.15. The number of carbonyl (C=O) groups excluding carboxylic acids is 1. The quantitative estimate of drug-likeness (QED) is 0.850. The van der Waals surface area contributed by atoms with Crippen LogP contribution in [0.25, 0.3) is 0 Å². The van der Waals surface area contributed by atoms with E-state index in [0.29, 0.717) is 24.5 Å². The first-order valence-corrected chi connectivity index (χ1v) is 6.60. The molecule has 6 heteroatoms. The molecule has 0 spiro atoms. The molecule has 1 aliphatic carbocycles. The van der Waals surface area contributed by atoms with E-state index in [4.69, 9.17) is 32.7 Å². The van der Waals surface area contributed by atoms with E-state index in [9.17, 15) is 4.79 Å². The topological polar surface area (TPSA) is 47.6 Å². The van der Waals surface area contributed by atoms with E-state index in [1.807, 2.05) is 12.1 Å². The number of hydrogen-bond acceptors (Lipinski definition) is 3. The summed E-state index contributed by atoms with van der Waals surface area (Å²) in [5, 5.41) is 2.80. The highest BCUT2D eigenvalue weighted by Gasteiger charge is 2.56. The van der Waals surface area contributed by atoms with E-state index in [0.717, 1.165) is 5.56 Å². The summed E-state index contributed by atoms with van der Waals surface area (Å²) in [6.07, 6.45) is 0.508. The molecule has 0 aliphatic heterocycles. The number of alkyl halides is 2. The molecule has 1 saturated carbocycles. The lowest BCUT2D eigenvalue weighted by atomic mass is 10.2. The van der Waals surface area contributed by atoms with Gasteiger partial charge in [-0.05, 0) is 24.1 Å². The number of rotatable bonds is 5. The number of nitrogens with one attached hydrogen (secondary N) is 1. The van der Waals surface area contributed by atoms with Crippen molar-refractivity contribution in [3.63, 3.8) is 0 Å². The summed E-state index contributed by atoms with van der Waals surface area (Å²) in [6.45, 7) is 0.402. The molecular formula is C13H15Cl2NO3. The zero-order valence-electron chi connectivity index (χ0n) is 10.7. The average Bonchev–Trinajstić information content (AvgIpc) is 3.04. The van der Waals surface area contributed by atoms with Gasteiger partial charge < -0.3 is 14.8 Å². The van der Waals surface area contributed by atoms with Crippen molar-refractivity contribution in [2.45, 2.75) is 17.3 Å². The van der Waals surface area contributed by atoms with Crippen molar-refractivity contribution in [2.75, 3.05) is 14.2 Å². The van der Waals surface area contributed by atoms with Crippen LogP contribution in [0.2, 0.25) is 0 Å². The molecule has 0 heterocycles. The highest BCUT2D eigenvalue weighted by atomic mass is 35.5. The Morgan fingerprint density at radius 1 is 1.37 bits per heavy atom. The first kappa shape index (κ1) is 14.3. The van der Waals surface area contributed by atoms with E-state index in [-0.39, 0.29) is 11.8 Å². The Labute approximate surface area is 122 Å². The Bertz CT molecular complexity index is 491. The zero-order valence-corrected chi connectivity index (χ0v) is 12.2. The third-order valence-electron chi connectivity index (χ3n) is 3.06. The maximum absolute atomic E-state index is 11.7. The molecule has 4 nitrogen and oxygen atoms in total. The van der Waals surface area contributed by atoms with E-state index < -0.39 is 4.33 Å². The summed E-state index contributed by atoms with van der Waals surface area (Å²) in [4.78, 5) is 11.7. The van der Waals surface area contributed by atoms with Gasteiger partial charge in [0.15, 0.2) is 11.5 Å². The smallest absolute Gasteiger partial charge is 0.226 e. The molecule has 104 valence electrons. The second-order valence-corrected chi connectivity index (χ2v) is 5.97. The molecule has 1 atom stereocenters. The van der Waals surface area contributed by atoms with Crippen LogP contribution in [-0.2, 0) is 11.3 Å². The average molecular weight is 304 g/mol. The van der Waals surface area contributed by atoms with Gasteiger partial charge in [-0.2, -0.15) is 0 Å². The number of halogens is 2. The third-order valence-corrected chi connectivity index (χ3v) is 3.89. The van der Waals surface area contributed by atoms with Gasteiger partial charge in [0.25, 0.3) is 0 Å². The second-order valence-electron chi connectivity index (χ2n) is 4.42. The number of carbonyl (C=O) groups is 1. The Hall–Kier alpha value is -1.13. The maximum atomic E-state index is 11.7. The zero-order chi connectivity index (χ0) is 14.0. The van der Waals surface area contributed by atoms with Crippen LogP contribution in [0.3, 0.4) is 0 Å². The molecule has 0 radical (unpaired) electrons. The fraction of sp³-hybridized carbons (Fsp3) is 0.462. The summed E-state index contributed by atoms with van der Waals surface area (Å²) in [6, 6.07) is 5.48. The van der Waals surface area contributed by atoms with Crippen LogP contribution in [-0.4, -0.2) is 24.5 Å². The van der Waals surface area contributed by atoms with Crippen molar-refractivity contribution in [1.82, 2.24) is 5.32 Å². The lowest BCUT2D eigenvalue weighted by molar-refractivity contribution is -0.122. The summed E-state index contributed by atoms with van der Waals surface area (Å²) in [5.41, 5.74) is 0.918. The van der Waals surface area contributed by atoms with Crippen molar-refractivity contribution in [2.24, 2.45) is 5.92 Å². The maximum Gasteiger partial charge on any atom is 0.226 e. The summed E-state index contributed by atoms with van der Waals surface area (Å²) < 4.78 is 9.45. The van der Waals surface area contributed by atoms with Gasteiger partial charge in [0, 0.05) is 6.54 Å². The van der Waals surface area contributed by atoms with Crippen LogP contribution in [0.15, 0.2) is 18.2 Å². The van der Waals surface area contributed by atoms with Gasteiger partial charge in [0.05, 0.1) is 20.1 Å². The number of hydrogen-bond donors (Lipinski definition) is 1. The predicted octanol–water partition coefficient (Wildman–Crippen LogP) is 2.51. The fourth-order valence-corrected chi connectivity index (χ4v) is 2.31. The van der Waals surface area contributed by atoms with Gasteiger partial charge in [0.2, 0.25) is 5.91 Å². The Balaban J connectivity index is 1.95. The third kappa shape index (κ3) is 3.25. The van der Waals surface area contributed by atoms with Crippen LogP contribution in [0, 0.1) is 5.92 Å². The van der Waals surface area contributed by atoms with Gasteiger partial charge in [-0.3, -0.25) is 4.79 Å². The minimum Gasteiger partial charge on any atom is -0.493 e. The second kappa shape index (κ2) is 5.47. The molecule has 1 amide bonds. The molecule has 1 aromatic rings. The molecule has 0 saturated heterocycles. The van der Waals surface area contributed by atoms with Crippen molar-refractivity contribution < 1.29 is 14.3 Å². The molecule has 1 fully saturated rings. The van der Waals surface area contributed by atoms with E-state index >= 15 is 0 Å². The van der Waals surface area contributed by atoms with Gasteiger partial charge in [0.1, 0.15) is 4.33 Å². The Kier molecular flexibility index (Phi) is 4.11. The highest BCUT2D eigenvalue weighted by Crippen LogP contribution is 2.53. The molecule has 0 bridgehead atoms. The van der Waals surface area contributed by atoms with Gasteiger partial charge in [-0.1, -0.05) is 6.07 Å². The molecule has 1 aromatic carbocycles. The van der Waals surface area contributed by atoms with Crippen LogP contribution in [0.1, 0.15) is 12.0 Å². The molecule has 19 heavy (non-hydrogen) atoms. The van der Waals surface area contributed by atoms with E-state index in [1.165, 1.54) is 0 Å². The molecule has 1 unspecified atom stereocenters. The monoisotopic (exact) mass is 303 g/mol. The molecule has 1 aliphatic rings. The molecule has 0 aromatic heterocycles. The van der Waals surface area contributed by atoms with Crippen LogP contribution in [0.4, 0.5) is 0 Å². The van der Waals surface area contributed by atoms with Crippen molar-refractivity contribution in [1.29, 1.82) is 0 Å². The first-order chi connectivity index (χ1) is 8.97. The van der Waals surface area contributed by atoms with Gasteiger partial charge in [-0.25, -0.2) is 0 Å². The lowest BCUT2D eigenvalue weighted by Crippen LogP contribution is -2.26. The van der Waals surface area contributed by atoms with Crippen LogP contribution in [0.5, 0.6) is 11.5 Å². The van der Waals surface area contributed by atoms with Crippen LogP contribution >= 0.6 is 23.2 Å². The number of amides is 1. The Morgan fingerprint density at radius 2 is 2.00 bits per heavy atom. The lowest BCUT2D eigenvalue weighted by Gasteiger charge is -2.10. The number of ether oxygens (including phenoxy) is 2. The SMILES string of the molecule is COc1ccc(CNC(=O)C2CC2(Cl)Cl)cc1OC.